The predicted octanol–water partition coefficient (Wildman–Crippen LogP) is 8.02. The summed E-state index contributed by atoms with van der Waals surface area (Å²) in [5, 5.41) is 0. The van der Waals surface area contributed by atoms with E-state index in [1.54, 1.807) is 0 Å². The molecule has 32 heavy (non-hydrogen) atoms. The largest absolute Gasteiger partial charge is 0.317 e. The number of benzene rings is 1. The van der Waals surface area contributed by atoms with Crippen LogP contribution in [0.5, 0.6) is 0 Å². The van der Waals surface area contributed by atoms with Gasteiger partial charge in [-0.25, -0.2) is 0 Å². The molecule has 0 aliphatic carbocycles. The molecule has 0 radical (unpaired) electrons. The van der Waals surface area contributed by atoms with E-state index < -0.39 is 8.40 Å². The van der Waals surface area contributed by atoms with Crippen molar-refractivity contribution in [3.05, 3.63) is 72.9 Å². The lowest BCUT2D eigenvalue weighted by Crippen LogP contribution is -2.57. The Morgan fingerprint density at radius 3 is 2.16 bits per heavy atom. The summed E-state index contributed by atoms with van der Waals surface area (Å²) in [5.41, 5.74) is 1.46. The van der Waals surface area contributed by atoms with Gasteiger partial charge in [-0.05, 0) is 96.7 Å². The van der Waals surface area contributed by atoms with E-state index in [4.69, 9.17) is 0 Å². The lowest BCUT2D eigenvalue weighted by atomic mass is 9.84. The fourth-order valence-corrected chi connectivity index (χ4v) is 6.32. The topological polar surface area (TPSA) is 6.48 Å². The van der Waals surface area contributed by atoms with Gasteiger partial charge in [-0.1, -0.05) is 80.5 Å². The first-order valence-electron chi connectivity index (χ1n) is 12.7. The highest BCUT2D eigenvalue weighted by molar-refractivity contribution is 6.73. The SMILES string of the molecule is C=CC(CC/C=C/CCCCC)CC(C/C=C/C[Si](C)(N(C)C)N(C)C)c1ccccc1. The van der Waals surface area contributed by atoms with Crippen molar-refractivity contribution >= 4 is 8.40 Å². The Morgan fingerprint density at radius 2 is 1.56 bits per heavy atom. The first-order chi connectivity index (χ1) is 15.3. The highest BCUT2D eigenvalue weighted by atomic mass is 28.3. The zero-order valence-corrected chi connectivity index (χ0v) is 22.9. The molecule has 1 aromatic rings. The summed E-state index contributed by atoms with van der Waals surface area (Å²) in [4.78, 5) is 0. The van der Waals surface area contributed by atoms with Gasteiger partial charge in [0.15, 0.2) is 0 Å². The van der Waals surface area contributed by atoms with Crippen LogP contribution in [-0.4, -0.2) is 45.7 Å². The van der Waals surface area contributed by atoms with E-state index in [0.29, 0.717) is 11.8 Å². The van der Waals surface area contributed by atoms with Gasteiger partial charge in [0.25, 0.3) is 0 Å². The van der Waals surface area contributed by atoms with Crippen LogP contribution < -0.4 is 0 Å². The summed E-state index contributed by atoms with van der Waals surface area (Å²) in [6, 6.07) is 12.2. The number of rotatable bonds is 17. The quantitative estimate of drug-likeness (QED) is 0.133. The third-order valence-electron chi connectivity index (χ3n) is 7.06. The van der Waals surface area contributed by atoms with Crippen molar-refractivity contribution in [1.29, 1.82) is 0 Å². The molecule has 2 atom stereocenters. The fraction of sp³-hybridized carbons (Fsp3) is 0.586. The van der Waals surface area contributed by atoms with Gasteiger partial charge >= 0.3 is 0 Å². The fourth-order valence-electron chi connectivity index (χ4n) is 4.18. The van der Waals surface area contributed by atoms with Crippen LogP contribution in [0.3, 0.4) is 0 Å². The van der Waals surface area contributed by atoms with Crippen LogP contribution in [0.2, 0.25) is 12.6 Å². The highest BCUT2D eigenvalue weighted by Crippen LogP contribution is 2.30. The van der Waals surface area contributed by atoms with Crippen LogP contribution >= 0.6 is 0 Å². The maximum Gasteiger partial charge on any atom is 0.206 e. The first-order valence-corrected chi connectivity index (χ1v) is 15.3. The lowest BCUT2D eigenvalue weighted by Gasteiger charge is -2.39. The summed E-state index contributed by atoms with van der Waals surface area (Å²) < 4.78 is 4.88. The zero-order chi connectivity index (χ0) is 23.8. The van der Waals surface area contributed by atoms with Crippen molar-refractivity contribution in [2.75, 3.05) is 28.2 Å². The molecule has 0 amide bonds. The third-order valence-corrected chi connectivity index (χ3v) is 11.9. The maximum atomic E-state index is 4.17. The van der Waals surface area contributed by atoms with Crippen LogP contribution in [0.1, 0.15) is 69.8 Å². The first kappa shape index (κ1) is 28.6. The molecule has 0 bridgehead atoms. The second-order valence-corrected chi connectivity index (χ2v) is 14.4. The van der Waals surface area contributed by atoms with Gasteiger partial charge < -0.3 is 9.13 Å². The average Bonchev–Trinajstić information content (AvgIpc) is 2.79. The Kier molecular flexibility index (Phi) is 14.5. The van der Waals surface area contributed by atoms with Crippen LogP contribution in [0.15, 0.2) is 67.3 Å². The summed E-state index contributed by atoms with van der Waals surface area (Å²) >= 11 is 0. The van der Waals surface area contributed by atoms with E-state index in [9.17, 15) is 0 Å². The normalized spacial score (nSPS) is 14.6. The van der Waals surface area contributed by atoms with E-state index in [1.807, 2.05) is 0 Å². The summed E-state index contributed by atoms with van der Waals surface area (Å²) in [6.45, 7) is 8.87. The van der Waals surface area contributed by atoms with E-state index in [2.05, 4.69) is 118 Å². The van der Waals surface area contributed by atoms with Gasteiger partial charge in [0.05, 0.1) is 0 Å². The van der Waals surface area contributed by atoms with Crippen molar-refractivity contribution in [3.8, 4) is 0 Å². The minimum absolute atomic E-state index is 0.551. The summed E-state index contributed by atoms with van der Waals surface area (Å²) in [7, 11) is 7.32. The Hall–Kier alpha value is -1.42. The number of hydrogen-bond acceptors (Lipinski definition) is 2. The Bertz CT molecular complexity index is 655. The molecule has 2 unspecified atom stereocenters. The molecule has 0 spiro atoms. The third kappa shape index (κ3) is 10.5. The molecule has 180 valence electrons. The van der Waals surface area contributed by atoms with Crippen LogP contribution in [-0.2, 0) is 0 Å². The summed E-state index contributed by atoms with van der Waals surface area (Å²) in [6.07, 6.45) is 21.7. The maximum absolute atomic E-state index is 4.17. The molecule has 0 aliphatic heterocycles. The van der Waals surface area contributed by atoms with E-state index in [1.165, 1.54) is 44.1 Å². The molecule has 3 heteroatoms. The molecule has 2 nitrogen and oxygen atoms in total. The van der Waals surface area contributed by atoms with Gasteiger partial charge in [0, 0.05) is 0 Å². The Labute approximate surface area is 201 Å². The highest BCUT2D eigenvalue weighted by Gasteiger charge is 2.31. The Morgan fingerprint density at radius 1 is 0.906 bits per heavy atom. The molecule has 0 N–H and O–H groups in total. The number of unbranched alkanes of at least 4 members (excludes halogenated alkanes) is 3. The predicted molar refractivity (Wildman–Crippen MR) is 148 cm³/mol. The molecule has 0 saturated heterocycles. The molecule has 0 aromatic heterocycles. The van der Waals surface area contributed by atoms with Gasteiger partial charge in [0.1, 0.15) is 0 Å². The van der Waals surface area contributed by atoms with Crippen molar-refractivity contribution in [3.63, 3.8) is 0 Å². The molecule has 0 fully saturated rings. The lowest BCUT2D eigenvalue weighted by molar-refractivity contribution is 0.482. The average molecular weight is 455 g/mol. The summed E-state index contributed by atoms with van der Waals surface area (Å²) in [5.74, 6) is 1.12. The molecule has 0 heterocycles. The van der Waals surface area contributed by atoms with Crippen molar-refractivity contribution < 1.29 is 0 Å². The molecular weight excluding hydrogens is 404 g/mol. The van der Waals surface area contributed by atoms with E-state index in [0.717, 1.165) is 18.9 Å². The number of allylic oxidation sites excluding steroid dienone is 5. The van der Waals surface area contributed by atoms with Gasteiger partial charge in [0.2, 0.25) is 8.40 Å². The molecule has 0 aliphatic rings. The van der Waals surface area contributed by atoms with Crippen molar-refractivity contribution in [2.45, 2.75) is 76.8 Å². The van der Waals surface area contributed by atoms with E-state index in [-0.39, 0.29) is 0 Å². The molecule has 1 rings (SSSR count). The van der Waals surface area contributed by atoms with Crippen LogP contribution in [0.25, 0.3) is 0 Å². The van der Waals surface area contributed by atoms with E-state index >= 15 is 0 Å². The molecular formula is C29H50N2Si. The van der Waals surface area contributed by atoms with Gasteiger partial charge in [-0.15, -0.1) is 6.58 Å². The van der Waals surface area contributed by atoms with Crippen LogP contribution in [0.4, 0.5) is 0 Å². The standard InChI is InChI=1S/C29H50N2Si/c1-8-10-11-12-13-14-16-21-27(9-2)26-29(28-22-17-15-18-23-28)24-19-20-25-32(7,30(3)4)31(5)6/h9,13-15,17-20,22-23,27,29H,2,8,10-12,16,21,24-26H2,1,3-7H3/b14-13+,20-19+. The second kappa shape index (κ2) is 16.2. The number of hydrogen-bond donors (Lipinski definition) is 0. The monoisotopic (exact) mass is 454 g/mol. The Balaban J connectivity index is 2.71. The van der Waals surface area contributed by atoms with Crippen LogP contribution in [0, 0.1) is 5.92 Å². The zero-order valence-electron chi connectivity index (χ0n) is 21.9. The van der Waals surface area contributed by atoms with Gasteiger partial charge in [-0.3, -0.25) is 0 Å². The minimum Gasteiger partial charge on any atom is -0.317 e. The second-order valence-electron chi connectivity index (χ2n) is 9.80. The van der Waals surface area contributed by atoms with Crippen molar-refractivity contribution in [1.82, 2.24) is 9.13 Å². The van der Waals surface area contributed by atoms with Gasteiger partial charge in [-0.2, -0.15) is 0 Å². The van der Waals surface area contributed by atoms with Crippen molar-refractivity contribution in [2.24, 2.45) is 5.92 Å². The smallest absolute Gasteiger partial charge is 0.206 e. The number of nitrogens with zero attached hydrogens (tertiary/aromatic N) is 2. The minimum atomic E-state index is -1.57. The molecule has 0 saturated carbocycles. The molecule has 1 aromatic carbocycles.